The van der Waals surface area contributed by atoms with E-state index in [4.69, 9.17) is 0 Å². The zero-order valence-electron chi connectivity index (χ0n) is 12.7. The van der Waals surface area contributed by atoms with E-state index in [2.05, 4.69) is 9.47 Å². The van der Waals surface area contributed by atoms with Crippen molar-refractivity contribution in [2.45, 2.75) is 0 Å². The molecule has 0 aromatic heterocycles. The predicted molar refractivity (Wildman–Crippen MR) is 70.5 cm³/mol. The number of hydrogen-bond acceptors (Lipinski definition) is 8. The minimum absolute atomic E-state index is 0.423. The van der Waals surface area contributed by atoms with Crippen molar-refractivity contribution in [1.29, 1.82) is 0 Å². The Morgan fingerprint density at radius 3 is 1.78 bits per heavy atom. The summed E-state index contributed by atoms with van der Waals surface area (Å²) in [4.78, 5) is 71.1. The summed E-state index contributed by atoms with van der Waals surface area (Å²) in [5.74, 6) is -4.76. The van der Waals surface area contributed by atoms with E-state index in [0.29, 0.717) is 9.80 Å². The molecule has 23 heavy (non-hydrogen) atoms. The highest BCUT2D eigenvalue weighted by Crippen LogP contribution is 2.10. The van der Waals surface area contributed by atoms with Crippen LogP contribution in [0.25, 0.3) is 0 Å². The maximum absolute atomic E-state index is 12.1. The van der Waals surface area contributed by atoms with E-state index in [1.807, 2.05) is 0 Å². The number of hydrogen-bond donors (Lipinski definition) is 0. The Morgan fingerprint density at radius 1 is 0.957 bits per heavy atom. The van der Waals surface area contributed by atoms with E-state index in [1.165, 1.54) is 0 Å². The lowest BCUT2D eigenvalue weighted by atomic mass is 10.4. The predicted octanol–water partition coefficient (Wildman–Crippen LogP) is -2.42. The fourth-order valence-electron chi connectivity index (χ4n) is 1.66. The molecule has 1 rings (SSSR count). The van der Waals surface area contributed by atoms with Crippen molar-refractivity contribution in [3.63, 3.8) is 0 Å². The SMILES string of the molecule is COC(=O)CN(CC(=O)OC)C(=O)CN1C(=O)C(=O)N(C)C1=O. The van der Waals surface area contributed by atoms with Crippen LogP contribution in [0.3, 0.4) is 0 Å². The highest BCUT2D eigenvalue weighted by molar-refractivity contribution is 6.44. The molecular formula is C12H15N3O8. The van der Waals surface area contributed by atoms with Crippen LogP contribution in [0.2, 0.25) is 0 Å². The lowest BCUT2D eigenvalue weighted by Crippen LogP contribution is -2.47. The first-order valence-electron chi connectivity index (χ1n) is 6.27. The maximum atomic E-state index is 12.1. The molecule has 11 heteroatoms. The van der Waals surface area contributed by atoms with E-state index in [1.54, 1.807) is 0 Å². The molecule has 0 N–H and O–H groups in total. The first-order chi connectivity index (χ1) is 10.7. The van der Waals surface area contributed by atoms with Crippen LogP contribution in [-0.2, 0) is 33.4 Å². The number of methoxy groups -OCH3 is 2. The Hall–Kier alpha value is -2.98. The van der Waals surface area contributed by atoms with Gasteiger partial charge in [0.05, 0.1) is 14.2 Å². The van der Waals surface area contributed by atoms with Crippen LogP contribution < -0.4 is 0 Å². The number of imide groups is 2. The van der Waals surface area contributed by atoms with Crippen molar-refractivity contribution < 1.29 is 38.2 Å². The molecule has 1 aliphatic heterocycles. The van der Waals surface area contributed by atoms with Crippen molar-refractivity contribution >= 4 is 35.7 Å². The summed E-state index contributed by atoms with van der Waals surface area (Å²) in [5.41, 5.74) is 0. The minimum atomic E-state index is -1.16. The molecule has 0 aromatic carbocycles. The van der Waals surface area contributed by atoms with Gasteiger partial charge in [0.25, 0.3) is 0 Å². The van der Waals surface area contributed by atoms with Crippen molar-refractivity contribution in [1.82, 2.24) is 14.7 Å². The molecule has 1 fully saturated rings. The van der Waals surface area contributed by atoms with Gasteiger partial charge in [0.15, 0.2) is 0 Å². The van der Waals surface area contributed by atoms with Crippen LogP contribution in [0.1, 0.15) is 0 Å². The highest BCUT2D eigenvalue weighted by Gasteiger charge is 2.43. The van der Waals surface area contributed by atoms with Gasteiger partial charge in [-0.1, -0.05) is 0 Å². The maximum Gasteiger partial charge on any atom is 0.334 e. The minimum Gasteiger partial charge on any atom is -0.468 e. The molecule has 5 amide bonds. The molecule has 11 nitrogen and oxygen atoms in total. The number of ether oxygens (including phenoxy) is 2. The Kier molecular flexibility index (Phi) is 5.76. The molecule has 0 aromatic rings. The number of carbonyl (C=O) groups is 6. The van der Waals surface area contributed by atoms with Gasteiger partial charge in [-0.2, -0.15) is 0 Å². The molecule has 126 valence electrons. The van der Waals surface area contributed by atoms with Gasteiger partial charge in [0, 0.05) is 7.05 Å². The van der Waals surface area contributed by atoms with Gasteiger partial charge in [-0.05, 0) is 0 Å². The quantitative estimate of drug-likeness (QED) is 0.299. The van der Waals surface area contributed by atoms with Gasteiger partial charge in [-0.3, -0.25) is 28.9 Å². The number of amides is 5. The van der Waals surface area contributed by atoms with Gasteiger partial charge in [0.2, 0.25) is 5.91 Å². The summed E-state index contributed by atoms with van der Waals surface area (Å²) in [7, 11) is 3.27. The van der Waals surface area contributed by atoms with Gasteiger partial charge < -0.3 is 14.4 Å². The standard InChI is InChI=1S/C12H15N3O8/c1-13-10(19)11(20)15(12(13)21)4-7(16)14(5-8(17)22-2)6-9(18)23-3/h4-6H2,1-3H3. The lowest BCUT2D eigenvalue weighted by Gasteiger charge is -2.22. The number of nitrogens with zero attached hydrogens (tertiary/aromatic N) is 3. The molecule has 1 saturated heterocycles. The van der Waals surface area contributed by atoms with Gasteiger partial charge >= 0.3 is 29.8 Å². The number of rotatable bonds is 6. The van der Waals surface area contributed by atoms with Crippen molar-refractivity contribution in [2.75, 3.05) is 40.9 Å². The molecule has 1 aliphatic rings. The molecule has 1 heterocycles. The van der Waals surface area contributed by atoms with E-state index >= 15 is 0 Å². The Morgan fingerprint density at radius 2 is 1.43 bits per heavy atom. The monoisotopic (exact) mass is 329 g/mol. The van der Waals surface area contributed by atoms with Crippen molar-refractivity contribution in [2.24, 2.45) is 0 Å². The molecule has 0 unspecified atom stereocenters. The summed E-state index contributed by atoms with van der Waals surface area (Å²) >= 11 is 0. The summed E-state index contributed by atoms with van der Waals surface area (Å²) in [6, 6.07) is -0.968. The molecule has 0 spiro atoms. The third kappa shape index (κ3) is 4.02. The zero-order valence-corrected chi connectivity index (χ0v) is 12.7. The van der Waals surface area contributed by atoms with Crippen LogP contribution in [0.4, 0.5) is 4.79 Å². The van der Waals surface area contributed by atoms with Gasteiger partial charge in [0.1, 0.15) is 19.6 Å². The van der Waals surface area contributed by atoms with Crippen LogP contribution in [0.5, 0.6) is 0 Å². The van der Waals surface area contributed by atoms with E-state index < -0.39 is 55.3 Å². The fourth-order valence-corrected chi connectivity index (χ4v) is 1.66. The van der Waals surface area contributed by atoms with Crippen molar-refractivity contribution in [3.05, 3.63) is 0 Å². The Labute approximate surface area is 130 Å². The second kappa shape index (κ2) is 7.33. The normalized spacial score (nSPS) is 14.1. The Balaban J connectivity index is 2.86. The largest absolute Gasteiger partial charge is 0.468 e. The van der Waals surface area contributed by atoms with Gasteiger partial charge in [-0.15, -0.1) is 0 Å². The number of esters is 2. The molecule has 0 bridgehead atoms. The first-order valence-corrected chi connectivity index (χ1v) is 6.27. The summed E-state index contributed by atoms with van der Waals surface area (Å²) < 4.78 is 8.80. The molecular weight excluding hydrogens is 314 g/mol. The van der Waals surface area contributed by atoms with Crippen LogP contribution >= 0.6 is 0 Å². The number of likely N-dealkylation sites (N-methyl/N-ethyl adjacent to an activating group) is 1. The molecule has 0 atom stereocenters. The van der Waals surface area contributed by atoms with E-state index in [9.17, 15) is 28.8 Å². The average molecular weight is 329 g/mol. The number of carbonyl (C=O) groups excluding carboxylic acids is 6. The van der Waals surface area contributed by atoms with E-state index in [-0.39, 0.29) is 0 Å². The first kappa shape index (κ1) is 18.1. The summed E-state index contributed by atoms with van der Waals surface area (Å²) in [5, 5.41) is 0. The summed E-state index contributed by atoms with van der Waals surface area (Å²) in [6.45, 7) is -1.95. The smallest absolute Gasteiger partial charge is 0.334 e. The highest BCUT2D eigenvalue weighted by atomic mass is 16.5. The average Bonchev–Trinajstić information content (AvgIpc) is 2.71. The zero-order chi connectivity index (χ0) is 17.7. The Bertz CT molecular complexity index is 555. The third-order valence-electron chi connectivity index (χ3n) is 2.99. The van der Waals surface area contributed by atoms with Crippen LogP contribution in [-0.4, -0.2) is 91.3 Å². The second-order valence-corrected chi connectivity index (χ2v) is 4.44. The summed E-state index contributed by atoms with van der Waals surface area (Å²) in [6.07, 6.45) is 0. The molecule has 0 saturated carbocycles. The fraction of sp³-hybridized carbons (Fsp3) is 0.500. The topological polar surface area (TPSA) is 131 Å². The molecule has 0 radical (unpaired) electrons. The van der Waals surface area contributed by atoms with Crippen molar-refractivity contribution in [3.8, 4) is 0 Å². The van der Waals surface area contributed by atoms with E-state index in [0.717, 1.165) is 26.2 Å². The second-order valence-electron chi connectivity index (χ2n) is 4.44. The van der Waals surface area contributed by atoms with Gasteiger partial charge in [-0.25, -0.2) is 9.69 Å². The van der Waals surface area contributed by atoms with Crippen LogP contribution in [0.15, 0.2) is 0 Å². The third-order valence-corrected chi connectivity index (χ3v) is 2.99. The van der Waals surface area contributed by atoms with Crippen LogP contribution in [0, 0.1) is 0 Å². The lowest BCUT2D eigenvalue weighted by molar-refractivity contribution is -0.153. The number of urea groups is 1. The molecule has 0 aliphatic carbocycles.